The average Bonchev–Trinajstić information content (AvgIpc) is 3.18. The fourth-order valence-electron chi connectivity index (χ4n) is 4.88. The number of carbonyl (C=O) groups is 2. The van der Waals surface area contributed by atoms with Crippen molar-refractivity contribution < 1.29 is 67.8 Å². The second-order valence-electron chi connectivity index (χ2n) is 14.0. The van der Waals surface area contributed by atoms with Crippen molar-refractivity contribution in [2.45, 2.75) is 163 Å². The Morgan fingerprint density at radius 2 is 0.638 bits per heavy atom. The van der Waals surface area contributed by atoms with Gasteiger partial charge in [-0.2, -0.15) is 0 Å². The summed E-state index contributed by atoms with van der Waals surface area (Å²) in [7, 11) is -15.5. The molecule has 1 rings (SSSR count). The fourth-order valence-corrected chi connectivity index (χ4v) is 10.9. The normalized spacial score (nSPS) is 13.7. The van der Waals surface area contributed by atoms with E-state index in [1.54, 1.807) is 0 Å². The second-order valence-corrected chi connectivity index (χ2v) is 20.8. The maximum absolute atomic E-state index is 14.5. The molecule has 0 aliphatic carbocycles. The molecule has 0 aliphatic rings. The van der Waals surface area contributed by atoms with Crippen molar-refractivity contribution in [1.29, 1.82) is 0 Å². The summed E-state index contributed by atoms with van der Waals surface area (Å²) in [5, 5.41) is 0. The van der Waals surface area contributed by atoms with Gasteiger partial charge in [-0.25, -0.2) is 0 Å². The molecule has 0 heterocycles. The van der Waals surface area contributed by atoms with Gasteiger partial charge < -0.3 is 0 Å². The third kappa shape index (κ3) is 18.3. The van der Waals surface area contributed by atoms with Gasteiger partial charge >= 0.3 is 351 Å². The Kier molecular flexibility index (Phi) is 26.6. The van der Waals surface area contributed by atoms with Crippen molar-refractivity contribution in [3.63, 3.8) is 0 Å². The van der Waals surface area contributed by atoms with Crippen LogP contribution in [-0.2, 0) is 55.4 Å². The molecule has 0 fully saturated rings. The molecule has 0 saturated carbocycles. The Morgan fingerprint density at radius 1 is 0.431 bits per heavy atom. The van der Waals surface area contributed by atoms with Gasteiger partial charge in [-0.3, -0.25) is 0 Å². The first-order chi connectivity index (χ1) is 27.7. The standard InChI is InChI=1S/C40H76O15P2S/c1-9-17-25-46-56(47-26-18-10-2,48-27-19-11-3,49-28-20-12-4)54-39(41)36-33-37(35-38(34-36)58(43,44)45)40(42)55-57(50-29-21-13-5,51-30-22-14-6,52-31-23-15-7)53-32-24-16-8/h33-35H,9-32H2,1-8H3,(H,43,44,45). The van der Waals surface area contributed by atoms with E-state index in [9.17, 15) is 22.6 Å². The zero-order chi connectivity index (χ0) is 43.4. The van der Waals surface area contributed by atoms with Crippen LogP contribution in [-0.4, -0.2) is 77.8 Å². The van der Waals surface area contributed by atoms with Gasteiger partial charge in [-0.15, -0.1) is 0 Å². The second kappa shape index (κ2) is 28.3. The molecule has 0 radical (unpaired) electrons. The van der Waals surface area contributed by atoms with E-state index in [2.05, 4.69) is 0 Å². The Morgan fingerprint density at radius 3 is 0.810 bits per heavy atom. The van der Waals surface area contributed by atoms with Gasteiger partial charge in [0.05, 0.1) is 0 Å². The van der Waals surface area contributed by atoms with Crippen LogP contribution in [0.2, 0.25) is 0 Å². The number of benzene rings is 1. The molecule has 0 aromatic heterocycles. The predicted molar refractivity (Wildman–Crippen MR) is 228 cm³/mol. The van der Waals surface area contributed by atoms with Crippen LogP contribution in [0.1, 0.15) is 179 Å². The Labute approximate surface area is 349 Å². The van der Waals surface area contributed by atoms with Crippen LogP contribution < -0.4 is 0 Å². The molecule has 0 atom stereocenters. The van der Waals surface area contributed by atoms with Crippen LogP contribution in [0.5, 0.6) is 0 Å². The third-order valence-electron chi connectivity index (χ3n) is 8.54. The molecular weight excluding hydrogens is 814 g/mol. The maximum atomic E-state index is 14.5. The summed E-state index contributed by atoms with van der Waals surface area (Å²) in [5.41, 5.74) is -0.935. The molecule has 1 aromatic rings. The van der Waals surface area contributed by atoms with Crippen molar-refractivity contribution in [3.05, 3.63) is 29.3 Å². The minimum absolute atomic E-state index is 0.0634. The predicted octanol–water partition coefficient (Wildman–Crippen LogP) is 12.0. The van der Waals surface area contributed by atoms with E-state index in [0.29, 0.717) is 51.4 Å². The number of hydrogen-bond acceptors (Lipinski definition) is 14. The topological polar surface area (TPSA) is 181 Å². The van der Waals surface area contributed by atoms with Crippen molar-refractivity contribution in [2.75, 3.05) is 52.9 Å². The minimum atomic E-state index is -5.24. The van der Waals surface area contributed by atoms with Gasteiger partial charge in [-0.1, -0.05) is 0 Å². The van der Waals surface area contributed by atoms with E-state index in [0.717, 1.165) is 69.6 Å². The van der Waals surface area contributed by atoms with Gasteiger partial charge in [0.2, 0.25) is 0 Å². The first-order valence-electron chi connectivity index (χ1n) is 21.6. The van der Waals surface area contributed by atoms with Gasteiger partial charge in [0, 0.05) is 0 Å². The molecule has 0 aliphatic heterocycles. The summed E-state index contributed by atoms with van der Waals surface area (Å²) in [4.78, 5) is 28.1. The van der Waals surface area contributed by atoms with E-state index in [4.69, 9.17) is 45.2 Å². The summed E-state index contributed by atoms with van der Waals surface area (Å²) >= 11 is 0. The fraction of sp³-hybridized carbons (Fsp3) is 0.800. The molecule has 0 bridgehead atoms. The van der Waals surface area contributed by atoms with Gasteiger partial charge in [0.1, 0.15) is 0 Å². The molecule has 58 heavy (non-hydrogen) atoms. The SMILES string of the molecule is CCCCOP(OCCCC)(OCCCC)(OCCCC)OC(=O)c1cc(C(=O)OP(OCCCC)(OCCCC)(OCCCC)OCCCC)cc(S(=O)(=O)O)c1. The zero-order valence-corrected chi connectivity index (χ0v) is 39.3. The van der Waals surface area contributed by atoms with Crippen LogP contribution in [0.25, 0.3) is 0 Å². The van der Waals surface area contributed by atoms with E-state index in [-0.39, 0.29) is 52.9 Å². The van der Waals surface area contributed by atoms with Crippen LogP contribution in [0.4, 0.5) is 0 Å². The Balaban J connectivity index is 4.10. The molecule has 1 aromatic carbocycles. The van der Waals surface area contributed by atoms with Crippen molar-refractivity contribution in [1.82, 2.24) is 0 Å². The molecule has 1 N–H and O–H groups in total. The molecule has 0 amide bonds. The van der Waals surface area contributed by atoms with Gasteiger partial charge in [0.25, 0.3) is 0 Å². The molecular formula is C40H76O15P2S. The number of carbonyl (C=O) groups excluding carboxylic acids is 2. The van der Waals surface area contributed by atoms with E-state index in [1.807, 2.05) is 55.4 Å². The molecule has 0 saturated heterocycles. The van der Waals surface area contributed by atoms with Crippen molar-refractivity contribution in [2.24, 2.45) is 0 Å². The number of unbranched alkanes of at least 4 members (excludes halogenated alkanes) is 8. The van der Waals surface area contributed by atoms with E-state index in [1.165, 1.54) is 0 Å². The molecule has 0 unspecified atom stereocenters. The molecule has 18 heteroatoms. The average molecular weight is 891 g/mol. The molecule has 0 spiro atoms. The first-order valence-corrected chi connectivity index (χ1v) is 26.7. The Bertz CT molecular complexity index is 1240. The summed E-state index contributed by atoms with van der Waals surface area (Å²) in [6.45, 7) is 16.2. The van der Waals surface area contributed by atoms with E-state index < -0.39 is 53.6 Å². The van der Waals surface area contributed by atoms with Crippen LogP contribution >= 0.6 is 15.5 Å². The van der Waals surface area contributed by atoms with Crippen LogP contribution in [0.3, 0.4) is 0 Å². The quantitative estimate of drug-likeness (QED) is 0.0378. The molecule has 342 valence electrons. The van der Waals surface area contributed by atoms with Gasteiger partial charge in [0.15, 0.2) is 0 Å². The zero-order valence-electron chi connectivity index (χ0n) is 36.7. The van der Waals surface area contributed by atoms with Crippen molar-refractivity contribution in [3.8, 4) is 0 Å². The third-order valence-corrected chi connectivity index (χ3v) is 15.1. The van der Waals surface area contributed by atoms with Crippen LogP contribution in [0, 0.1) is 0 Å². The summed E-state index contributed by atoms with van der Waals surface area (Å²) in [6, 6.07) is 2.82. The Hall–Kier alpha value is -1.39. The van der Waals surface area contributed by atoms with E-state index >= 15 is 0 Å². The number of rotatable bonds is 37. The van der Waals surface area contributed by atoms with Gasteiger partial charge in [-0.05, 0) is 0 Å². The summed E-state index contributed by atoms with van der Waals surface area (Å²) < 4.78 is 98.8. The number of hydrogen-bond donors (Lipinski definition) is 1. The summed E-state index contributed by atoms with van der Waals surface area (Å²) in [6.07, 6.45) is 10.4. The van der Waals surface area contributed by atoms with Crippen LogP contribution in [0.15, 0.2) is 23.1 Å². The van der Waals surface area contributed by atoms with Crippen molar-refractivity contribution >= 4 is 37.5 Å². The first kappa shape index (κ1) is 54.6. The molecule has 15 nitrogen and oxygen atoms in total. The summed E-state index contributed by atoms with van der Waals surface area (Å²) in [5.74, 6) is -2.38. The monoisotopic (exact) mass is 890 g/mol.